The summed E-state index contributed by atoms with van der Waals surface area (Å²) in [7, 11) is 0. The van der Waals surface area contributed by atoms with Crippen molar-refractivity contribution in [3.05, 3.63) is 117 Å². The zero-order chi connectivity index (χ0) is 22.4. The lowest BCUT2D eigenvalue weighted by Crippen LogP contribution is -2.31. The van der Waals surface area contributed by atoms with Gasteiger partial charge in [-0.2, -0.15) is 0 Å². The summed E-state index contributed by atoms with van der Waals surface area (Å²) in [5, 5.41) is 1.30. The van der Waals surface area contributed by atoms with Gasteiger partial charge >= 0.3 is 0 Å². The lowest BCUT2D eigenvalue weighted by molar-refractivity contribution is -0.115. The van der Waals surface area contributed by atoms with Crippen molar-refractivity contribution in [2.75, 3.05) is 0 Å². The minimum Gasteiger partial charge on any atom is -0.358 e. The van der Waals surface area contributed by atoms with Gasteiger partial charge in [-0.05, 0) is 66.0 Å². The average Bonchev–Trinajstić information content (AvgIpc) is 3.22. The molecule has 1 aromatic heterocycles. The highest BCUT2D eigenvalue weighted by atomic mass is 79.9. The Bertz CT molecular complexity index is 1370. The summed E-state index contributed by atoms with van der Waals surface area (Å²) >= 11 is 3.88. The number of aromatic amines is 1. The predicted molar refractivity (Wildman–Crippen MR) is 138 cm³/mol. The number of ketones is 1. The van der Waals surface area contributed by atoms with Crippen molar-refractivity contribution in [2.45, 2.75) is 37.5 Å². The molecule has 2 aliphatic rings. The van der Waals surface area contributed by atoms with E-state index in [1.54, 1.807) is 0 Å². The lowest BCUT2D eigenvalue weighted by Gasteiger charge is -2.42. The molecule has 0 fully saturated rings. The maximum atomic E-state index is 12.6. The van der Waals surface area contributed by atoms with Gasteiger partial charge in [0.1, 0.15) is 0 Å². The number of carbonyl (C=O) groups excluding carboxylic acids is 1. The molecule has 0 saturated heterocycles. The molecule has 0 unspecified atom stereocenters. The van der Waals surface area contributed by atoms with Crippen molar-refractivity contribution in [3.63, 3.8) is 0 Å². The maximum absolute atomic E-state index is 12.6. The number of nitrogens with one attached hydrogen (secondary N) is 1. The largest absolute Gasteiger partial charge is 0.358 e. The second-order valence-electron chi connectivity index (χ2n) is 9.35. The summed E-state index contributed by atoms with van der Waals surface area (Å²) < 4.78 is 1.13. The molecule has 3 atom stereocenters. The van der Waals surface area contributed by atoms with E-state index in [4.69, 9.17) is 0 Å². The number of hydrogen-bond acceptors (Lipinski definition) is 1. The molecular weight excluding hydrogens is 470 g/mol. The number of halogens is 1. The molecule has 164 valence electrons. The van der Waals surface area contributed by atoms with E-state index >= 15 is 0 Å². The van der Waals surface area contributed by atoms with Crippen LogP contribution >= 0.6 is 15.9 Å². The van der Waals surface area contributed by atoms with Crippen LogP contribution in [0, 0.1) is 5.92 Å². The molecule has 0 bridgehead atoms. The fourth-order valence-electron chi connectivity index (χ4n) is 6.15. The second-order valence-corrected chi connectivity index (χ2v) is 10.2. The van der Waals surface area contributed by atoms with E-state index in [1.807, 2.05) is 6.08 Å². The molecule has 6 rings (SSSR count). The number of carbonyl (C=O) groups is 1. The molecule has 3 aromatic carbocycles. The van der Waals surface area contributed by atoms with Crippen LogP contribution in [0.3, 0.4) is 0 Å². The van der Waals surface area contributed by atoms with E-state index < -0.39 is 0 Å². The van der Waals surface area contributed by atoms with Crippen LogP contribution in [0.4, 0.5) is 0 Å². The monoisotopic (exact) mass is 495 g/mol. The van der Waals surface area contributed by atoms with Crippen LogP contribution in [0.5, 0.6) is 0 Å². The number of rotatable bonds is 3. The van der Waals surface area contributed by atoms with E-state index in [2.05, 4.69) is 99.8 Å². The van der Waals surface area contributed by atoms with Crippen LogP contribution in [-0.2, 0) is 11.2 Å². The predicted octanol–water partition coefficient (Wildman–Crippen LogP) is 7.70. The minimum atomic E-state index is 0.169. The Morgan fingerprint density at radius 1 is 0.848 bits per heavy atom. The summed E-state index contributed by atoms with van der Waals surface area (Å²) in [6.07, 6.45) is 5.55. The third kappa shape index (κ3) is 3.59. The standard InChI is InChI=1S/C30H26BrNO/c31-25-15-6-4-13-22(25)30-28(20-11-8-12-21(33)17-20)24(19-9-2-1-3-10-19)18-27-29(30)23-14-5-7-16-26(23)32-27/h1-7,9-10,13-17,24,28,30,32H,8,11-12,18H2/t24-,28+,30-/m0/s1. The van der Waals surface area contributed by atoms with Gasteiger partial charge in [0, 0.05) is 33.4 Å². The molecule has 2 nitrogen and oxygen atoms in total. The first-order valence-corrected chi connectivity index (χ1v) is 12.6. The van der Waals surface area contributed by atoms with Gasteiger partial charge in [-0.3, -0.25) is 4.79 Å². The Kier molecular flexibility index (Phi) is 5.30. The molecule has 1 heterocycles. The van der Waals surface area contributed by atoms with Crippen molar-refractivity contribution < 1.29 is 4.79 Å². The van der Waals surface area contributed by atoms with E-state index in [0.717, 1.165) is 23.7 Å². The fraction of sp³-hybridized carbons (Fsp3) is 0.233. The highest BCUT2D eigenvalue weighted by molar-refractivity contribution is 9.10. The van der Waals surface area contributed by atoms with Gasteiger partial charge in [-0.1, -0.05) is 88.2 Å². The van der Waals surface area contributed by atoms with E-state index in [1.165, 1.54) is 38.9 Å². The summed E-state index contributed by atoms with van der Waals surface area (Å²) in [5.74, 6) is 0.990. The molecule has 0 spiro atoms. The highest BCUT2D eigenvalue weighted by Gasteiger charge is 2.43. The summed E-state index contributed by atoms with van der Waals surface area (Å²) in [6, 6.07) is 28.2. The van der Waals surface area contributed by atoms with Gasteiger partial charge in [0.05, 0.1) is 0 Å². The van der Waals surface area contributed by atoms with Gasteiger partial charge in [0.25, 0.3) is 0 Å². The Balaban J connectivity index is 1.65. The molecule has 4 aromatic rings. The van der Waals surface area contributed by atoms with Gasteiger partial charge < -0.3 is 4.98 Å². The smallest absolute Gasteiger partial charge is 0.155 e. The van der Waals surface area contributed by atoms with Crippen molar-refractivity contribution in [3.8, 4) is 0 Å². The Hall–Kier alpha value is -2.91. The molecule has 33 heavy (non-hydrogen) atoms. The van der Waals surface area contributed by atoms with Crippen molar-refractivity contribution in [2.24, 2.45) is 5.92 Å². The van der Waals surface area contributed by atoms with Crippen LogP contribution in [0.25, 0.3) is 10.9 Å². The van der Waals surface area contributed by atoms with E-state index in [9.17, 15) is 4.79 Å². The van der Waals surface area contributed by atoms with Gasteiger partial charge in [0.15, 0.2) is 5.78 Å². The first kappa shape index (κ1) is 20.7. The Morgan fingerprint density at radius 3 is 2.42 bits per heavy atom. The Labute approximate surface area is 202 Å². The molecule has 0 saturated carbocycles. The first-order chi connectivity index (χ1) is 16.2. The summed E-state index contributed by atoms with van der Waals surface area (Å²) in [5.41, 5.74) is 7.88. The average molecular weight is 496 g/mol. The molecule has 0 radical (unpaired) electrons. The summed E-state index contributed by atoms with van der Waals surface area (Å²) in [6.45, 7) is 0. The zero-order valence-electron chi connectivity index (χ0n) is 18.4. The molecular formula is C30H26BrNO. The van der Waals surface area contributed by atoms with Crippen LogP contribution in [0.15, 0.2) is 95.0 Å². The third-order valence-electron chi connectivity index (χ3n) is 7.49. The Morgan fingerprint density at radius 2 is 1.61 bits per heavy atom. The van der Waals surface area contributed by atoms with Crippen LogP contribution in [0.1, 0.15) is 53.5 Å². The van der Waals surface area contributed by atoms with Crippen LogP contribution in [-0.4, -0.2) is 10.8 Å². The molecule has 1 N–H and O–H groups in total. The van der Waals surface area contributed by atoms with Gasteiger partial charge in [-0.25, -0.2) is 0 Å². The first-order valence-electron chi connectivity index (χ1n) is 11.8. The normalized spacial score (nSPS) is 22.8. The number of benzene rings is 3. The highest BCUT2D eigenvalue weighted by Crippen LogP contribution is 2.54. The number of para-hydroxylation sites is 1. The second kappa shape index (κ2) is 8.46. The van der Waals surface area contributed by atoms with Crippen molar-refractivity contribution >= 4 is 32.6 Å². The minimum absolute atomic E-state index is 0.169. The number of allylic oxidation sites excluding steroid dienone is 2. The molecule has 0 aliphatic heterocycles. The number of H-pyrrole nitrogens is 1. The van der Waals surface area contributed by atoms with Gasteiger partial charge in [0.2, 0.25) is 0 Å². The molecule has 3 heteroatoms. The van der Waals surface area contributed by atoms with Crippen LogP contribution in [0.2, 0.25) is 0 Å². The number of hydrogen-bond donors (Lipinski definition) is 1. The molecule has 0 amide bonds. The van der Waals surface area contributed by atoms with Gasteiger partial charge in [-0.15, -0.1) is 0 Å². The van der Waals surface area contributed by atoms with Crippen LogP contribution < -0.4 is 0 Å². The summed E-state index contributed by atoms with van der Waals surface area (Å²) in [4.78, 5) is 16.4. The quantitative estimate of drug-likeness (QED) is 0.310. The number of aromatic nitrogens is 1. The SMILES string of the molecule is O=C1C=C([C@H]2[C@H](c3ccccc3Br)c3c([nH]c4ccccc34)C[C@H]2c2ccccc2)CCC1. The third-order valence-corrected chi connectivity index (χ3v) is 8.21. The van der Waals surface area contributed by atoms with Crippen molar-refractivity contribution in [1.82, 2.24) is 4.98 Å². The van der Waals surface area contributed by atoms with E-state index in [-0.39, 0.29) is 17.6 Å². The zero-order valence-corrected chi connectivity index (χ0v) is 20.0. The fourth-order valence-corrected chi connectivity index (χ4v) is 6.68. The van der Waals surface area contributed by atoms with Crippen molar-refractivity contribution in [1.29, 1.82) is 0 Å². The topological polar surface area (TPSA) is 32.9 Å². The lowest BCUT2D eigenvalue weighted by atomic mass is 9.62. The van der Waals surface area contributed by atoms with E-state index in [0.29, 0.717) is 12.3 Å². The molecule has 2 aliphatic carbocycles. The number of fused-ring (bicyclic) bond motifs is 3. The maximum Gasteiger partial charge on any atom is 0.155 e.